The topological polar surface area (TPSA) is 59.4 Å². The van der Waals surface area contributed by atoms with Gasteiger partial charge in [-0.3, -0.25) is 0 Å². The van der Waals surface area contributed by atoms with E-state index in [2.05, 4.69) is 33.9 Å². The quantitative estimate of drug-likeness (QED) is 0.694. The summed E-state index contributed by atoms with van der Waals surface area (Å²) in [5, 5.41) is 5.14. The number of likely N-dealkylation sites (N-methyl/N-ethyl adjacent to an activating group) is 1. The molecule has 6 nitrogen and oxygen atoms in total. The molecular weight excluding hydrogens is 372 g/mol. The van der Waals surface area contributed by atoms with E-state index < -0.39 is 0 Å². The van der Waals surface area contributed by atoms with Crippen molar-refractivity contribution in [1.82, 2.24) is 19.8 Å². The molecule has 1 aromatic carbocycles. The van der Waals surface area contributed by atoms with E-state index in [1.54, 1.807) is 28.8 Å². The smallest absolute Gasteiger partial charge is 0.317 e. The third-order valence-corrected chi connectivity index (χ3v) is 6.02. The average Bonchev–Trinajstić information content (AvgIpc) is 3.39. The van der Waals surface area contributed by atoms with E-state index in [1.165, 1.54) is 16.0 Å². The molecule has 1 unspecified atom stereocenters. The Bertz CT molecular complexity index is 922. The summed E-state index contributed by atoms with van der Waals surface area (Å²) in [4.78, 5) is 19.8. The highest BCUT2D eigenvalue weighted by Gasteiger charge is 2.24. The van der Waals surface area contributed by atoms with Gasteiger partial charge < -0.3 is 19.5 Å². The fraction of sp³-hybridized carbons (Fsp3) is 0.333. The number of fused-ring (bicyclic) bond motifs is 1. The molecule has 0 radical (unpaired) electrons. The minimum atomic E-state index is -0.0941. The van der Waals surface area contributed by atoms with E-state index >= 15 is 0 Å². The van der Waals surface area contributed by atoms with E-state index in [0.717, 1.165) is 25.1 Å². The van der Waals surface area contributed by atoms with Crippen LogP contribution < -0.4 is 5.32 Å². The first kappa shape index (κ1) is 18.7. The lowest BCUT2D eigenvalue weighted by atomic mass is 10.1. The monoisotopic (exact) mass is 396 g/mol. The van der Waals surface area contributed by atoms with Crippen LogP contribution >= 0.6 is 11.3 Å². The van der Waals surface area contributed by atoms with Crippen molar-refractivity contribution in [2.75, 3.05) is 20.2 Å². The Morgan fingerprint density at radius 3 is 3.04 bits per heavy atom. The van der Waals surface area contributed by atoms with E-state index in [9.17, 15) is 4.79 Å². The van der Waals surface area contributed by atoms with Crippen molar-refractivity contribution in [3.63, 3.8) is 0 Å². The molecule has 3 aromatic rings. The van der Waals surface area contributed by atoms with Gasteiger partial charge in [0.1, 0.15) is 6.10 Å². The van der Waals surface area contributed by atoms with Crippen molar-refractivity contribution < 1.29 is 9.53 Å². The van der Waals surface area contributed by atoms with Crippen LogP contribution in [-0.2, 0) is 24.2 Å². The van der Waals surface area contributed by atoms with Gasteiger partial charge in [0.2, 0.25) is 0 Å². The van der Waals surface area contributed by atoms with E-state index in [-0.39, 0.29) is 12.1 Å². The SMILES string of the molecule is CN(CC1OCCc2sccc21)C(=O)NCc1ccccc1Cn1ccnc1. The number of aromatic nitrogens is 2. The van der Waals surface area contributed by atoms with E-state index in [0.29, 0.717) is 13.1 Å². The normalized spacial score (nSPS) is 15.8. The van der Waals surface area contributed by atoms with Crippen molar-refractivity contribution in [3.05, 3.63) is 76.0 Å². The molecule has 3 heterocycles. The van der Waals surface area contributed by atoms with Crippen molar-refractivity contribution in [2.45, 2.75) is 25.6 Å². The summed E-state index contributed by atoms with van der Waals surface area (Å²) in [5.41, 5.74) is 3.50. The molecule has 0 spiro atoms. The Balaban J connectivity index is 1.35. The molecule has 0 saturated carbocycles. The van der Waals surface area contributed by atoms with Gasteiger partial charge in [-0.1, -0.05) is 24.3 Å². The highest BCUT2D eigenvalue weighted by molar-refractivity contribution is 7.10. The van der Waals surface area contributed by atoms with Gasteiger partial charge in [-0.05, 0) is 28.1 Å². The molecule has 28 heavy (non-hydrogen) atoms. The standard InChI is InChI=1S/C21H24N4O2S/c1-24(14-19-18-7-11-28-20(18)6-10-27-19)21(26)23-12-16-4-2-3-5-17(16)13-25-9-8-22-15-25/h2-5,7-9,11,15,19H,6,10,12-14H2,1H3,(H,23,26). The summed E-state index contributed by atoms with van der Waals surface area (Å²) in [5.74, 6) is 0. The highest BCUT2D eigenvalue weighted by Crippen LogP contribution is 2.31. The molecule has 1 atom stereocenters. The van der Waals surface area contributed by atoms with Gasteiger partial charge in [0.05, 0.1) is 19.5 Å². The van der Waals surface area contributed by atoms with Gasteiger partial charge in [-0.2, -0.15) is 0 Å². The molecule has 0 bridgehead atoms. The molecular formula is C21H24N4O2S. The first-order valence-corrected chi connectivity index (χ1v) is 10.3. The number of carbonyl (C=O) groups excluding carboxylic acids is 1. The Labute approximate surface area is 168 Å². The number of hydrogen-bond donors (Lipinski definition) is 1. The fourth-order valence-electron chi connectivity index (χ4n) is 3.47. The lowest BCUT2D eigenvalue weighted by Crippen LogP contribution is -2.40. The molecule has 1 aliphatic rings. The lowest BCUT2D eigenvalue weighted by Gasteiger charge is -2.28. The van der Waals surface area contributed by atoms with E-state index in [1.807, 2.05) is 29.9 Å². The number of ether oxygens (including phenoxy) is 1. The number of rotatable bonds is 6. The molecule has 7 heteroatoms. The Morgan fingerprint density at radius 1 is 1.36 bits per heavy atom. The number of thiophene rings is 1. The van der Waals surface area contributed by atoms with Gasteiger partial charge in [0.25, 0.3) is 0 Å². The molecule has 2 aromatic heterocycles. The Hall–Kier alpha value is -2.64. The van der Waals surface area contributed by atoms with Crippen LogP contribution in [0.2, 0.25) is 0 Å². The maximum atomic E-state index is 12.6. The first-order valence-electron chi connectivity index (χ1n) is 9.40. The molecule has 0 aliphatic carbocycles. The second-order valence-electron chi connectivity index (χ2n) is 6.95. The zero-order valence-electron chi connectivity index (χ0n) is 15.9. The predicted molar refractivity (Wildman–Crippen MR) is 109 cm³/mol. The van der Waals surface area contributed by atoms with Crippen LogP contribution in [0.3, 0.4) is 0 Å². The van der Waals surface area contributed by atoms with Crippen LogP contribution in [0.4, 0.5) is 4.79 Å². The van der Waals surface area contributed by atoms with Crippen LogP contribution in [-0.4, -0.2) is 40.7 Å². The maximum absolute atomic E-state index is 12.6. The van der Waals surface area contributed by atoms with E-state index in [4.69, 9.17) is 4.74 Å². The largest absolute Gasteiger partial charge is 0.371 e. The lowest BCUT2D eigenvalue weighted by molar-refractivity contribution is 0.0281. The fourth-order valence-corrected chi connectivity index (χ4v) is 4.39. The molecule has 1 N–H and O–H groups in total. The Kier molecular flexibility index (Phi) is 5.73. The van der Waals surface area contributed by atoms with Gasteiger partial charge in [-0.15, -0.1) is 11.3 Å². The second-order valence-corrected chi connectivity index (χ2v) is 7.95. The summed E-state index contributed by atoms with van der Waals surface area (Å²) in [6.45, 7) is 2.49. The number of hydrogen-bond acceptors (Lipinski definition) is 4. The molecule has 0 saturated heterocycles. The third kappa shape index (κ3) is 4.26. The highest BCUT2D eigenvalue weighted by atomic mass is 32.1. The van der Waals surface area contributed by atoms with Crippen molar-refractivity contribution in [2.24, 2.45) is 0 Å². The van der Waals surface area contributed by atoms with Crippen LogP contribution in [0.25, 0.3) is 0 Å². The van der Waals surface area contributed by atoms with Crippen LogP contribution in [0.5, 0.6) is 0 Å². The summed E-state index contributed by atoms with van der Waals surface area (Å²) >= 11 is 1.77. The summed E-state index contributed by atoms with van der Waals surface area (Å²) in [7, 11) is 1.82. The number of benzene rings is 1. The third-order valence-electron chi connectivity index (χ3n) is 5.02. The van der Waals surface area contributed by atoms with Crippen molar-refractivity contribution >= 4 is 17.4 Å². The minimum absolute atomic E-state index is 0.0423. The van der Waals surface area contributed by atoms with Gasteiger partial charge in [0.15, 0.2) is 0 Å². The zero-order chi connectivity index (χ0) is 19.3. The summed E-state index contributed by atoms with van der Waals surface area (Å²) in [6, 6.07) is 10.2. The number of urea groups is 1. The molecule has 0 fully saturated rings. The van der Waals surface area contributed by atoms with Crippen LogP contribution in [0, 0.1) is 0 Å². The zero-order valence-corrected chi connectivity index (χ0v) is 16.7. The first-order chi connectivity index (χ1) is 13.7. The number of amides is 2. The summed E-state index contributed by atoms with van der Waals surface area (Å²) < 4.78 is 7.92. The number of nitrogens with zero attached hydrogens (tertiary/aromatic N) is 3. The molecule has 2 amide bonds. The maximum Gasteiger partial charge on any atom is 0.317 e. The Morgan fingerprint density at radius 2 is 2.21 bits per heavy atom. The summed E-state index contributed by atoms with van der Waals surface area (Å²) in [6.07, 6.45) is 6.43. The van der Waals surface area contributed by atoms with Gasteiger partial charge in [-0.25, -0.2) is 9.78 Å². The van der Waals surface area contributed by atoms with Gasteiger partial charge in [0, 0.05) is 43.8 Å². The number of imidazole rings is 1. The van der Waals surface area contributed by atoms with Crippen molar-refractivity contribution in [3.8, 4) is 0 Å². The number of nitrogens with one attached hydrogen (secondary N) is 1. The van der Waals surface area contributed by atoms with Gasteiger partial charge >= 0.3 is 6.03 Å². The van der Waals surface area contributed by atoms with Crippen LogP contribution in [0.1, 0.15) is 27.7 Å². The van der Waals surface area contributed by atoms with Crippen LogP contribution in [0.15, 0.2) is 54.4 Å². The molecule has 146 valence electrons. The number of carbonyl (C=O) groups is 1. The minimum Gasteiger partial charge on any atom is -0.371 e. The average molecular weight is 397 g/mol. The predicted octanol–water partition coefficient (Wildman–Crippen LogP) is 3.45. The van der Waals surface area contributed by atoms with Crippen molar-refractivity contribution in [1.29, 1.82) is 0 Å². The second kappa shape index (κ2) is 8.58. The molecule has 1 aliphatic heterocycles. The molecule has 4 rings (SSSR count).